The van der Waals surface area contributed by atoms with E-state index in [0.717, 1.165) is 35.1 Å². The summed E-state index contributed by atoms with van der Waals surface area (Å²) >= 11 is 1.65. The molecule has 1 N–H and O–H groups in total. The number of carbonyl (C=O) groups is 1. The van der Waals surface area contributed by atoms with Gasteiger partial charge in [0.25, 0.3) is 0 Å². The molecule has 0 bridgehead atoms. The zero-order valence-corrected chi connectivity index (χ0v) is 15.4. The molecule has 1 aliphatic heterocycles. The number of carbonyl (C=O) groups excluding carboxylic acids is 1. The van der Waals surface area contributed by atoms with Crippen molar-refractivity contribution in [3.05, 3.63) is 57.9 Å². The van der Waals surface area contributed by atoms with Crippen molar-refractivity contribution in [1.82, 2.24) is 25.2 Å². The number of thiophene rings is 1. The lowest BCUT2D eigenvalue weighted by atomic mass is 10.1. The molecule has 1 atom stereocenters. The van der Waals surface area contributed by atoms with Gasteiger partial charge in [0.15, 0.2) is 0 Å². The summed E-state index contributed by atoms with van der Waals surface area (Å²) in [6.07, 6.45) is 2.21. The number of aromatic nitrogens is 3. The van der Waals surface area contributed by atoms with Crippen LogP contribution in [0, 0.1) is 6.92 Å². The van der Waals surface area contributed by atoms with Crippen LogP contribution in [0.5, 0.6) is 0 Å². The van der Waals surface area contributed by atoms with Crippen molar-refractivity contribution in [2.24, 2.45) is 0 Å². The van der Waals surface area contributed by atoms with Gasteiger partial charge in [0.2, 0.25) is 5.91 Å². The summed E-state index contributed by atoms with van der Waals surface area (Å²) in [5, 5.41) is 13.5. The monoisotopic (exact) mass is 371 g/mol. The molecule has 0 radical (unpaired) electrons. The fraction of sp³-hybridized carbons (Fsp3) is 0.389. The largest absolute Gasteiger partial charge is 0.361 e. The van der Waals surface area contributed by atoms with Crippen molar-refractivity contribution in [1.29, 1.82) is 0 Å². The van der Waals surface area contributed by atoms with Gasteiger partial charge >= 0.3 is 0 Å². The van der Waals surface area contributed by atoms with Crippen LogP contribution in [0.2, 0.25) is 0 Å². The topological polar surface area (TPSA) is 76.2 Å². The quantitative estimate of drug-likeness (QED) is 0.720. The lowest BCUT2D eigenvalue weighted by molar-refractivity contribution is -0.122. The van der Waals surface area contributed by atoms with E-state index in [1.54, 1.807) is 17.5 Å². The Morgan fingerprint density at radius 1 is 1.46 bits per heavy atom. The molecule has 8 heteroatoms. The second-order valence-corrected chi connectivity index (χ2v) is 7.61. The summed E-state index contributed by atoms with van der Waals surface area (Å²) in [7, 11) is 0. The van der Waals surface area contributed by atoms with E-state index in [1.165, 1.54) is 0 Å². The van der Waals surface area contributed by atoms with Crippen molar-refractivity contribution >= 4 is 17.2 Å². The van der Waals surface area contributed by atoms with Crippen LogP contribution in [-0.4, -0.2) is 32.3 Å². The zero-order valence-electron chi connectivity index (χ0n) is 14.6. The summed E-state index contributed by atoms with van der Waals surface area (Å²) in [6, 6.07) is 8.00. The van der Waals surface area contributed by atoms with Crippen molar-refractivity contribution in [2.45, 2.75) is 39.0 Å². The first-order valence-electron chi connectivity index (χ1n) is 8.63. The number of nitrogens with zero attached hydrogens (tertiary/aromatic N) is 4. The van der Waals surface area contributed by atoms with Gasteiger partial charge in [0, 0.05) is 36.8 Å². The van der Waals surface area contributed by atoms with Crippen LogP contribution in [-0.2, 0) is 24.4 Å². The van der Waals surface area contributed by atoms with E-state index >= 15 is 0 Å². The first-order chi connectivity index (χ1) is 12.7. The Kier molecular flexibility index (Phi) is 4.85. The minimum absolute atomic E-state index is 0.0186. The number of amides is 1. The SMILES string of the molecule is Cc1cc(CN2Cc3ccnn3[C@H](CC(=O)NCc3cccs3)C2)no1. The Morgan fingerprint density at radius 2 is 2.38 bits per heavy atom. The van der Waals surface area contributed by atoms with Crippen molar-refractivity contribution in [3.8, 4) is 0 Å². The highest BCUT2D eigenvalue weighted by molar-refractivity contribution is 7.09. The van der Waals surface area contributed by atoms with Gasteiger partial charge in [-0.3, -0.25) is 14.4 Å². The number of aryl methyl sites for hydroxylation is 1. The molecular formula is C18H21N5O2S. The summed E-state index contributed by atoms with van der Waals surface area (Å²) in [6.45, 7) is 4.72. The molecule has 0 spiro atoms. The Bertz CT molecular complexity index is 870. The van der Waals surface area contributed by atoms with Crippen molar-refractivity contribution < 1.29 is 9.32 Å². The Balaban J connectivity index is 1.40. The van der Waals surface area contributed by atoms with Gasteiger partial charge in [0.1, 0.15) is 5.76 Å². The third-order valence-electron chi connectivity index (χ3n) is 4.48. The van der Waals surface area contributed by atoms with E-state index in [1.807, 2.05) is 41.3 Å². The molecular weight excluding hydrogens is 350 g/mol. The zero-order chi connectivity index (χ0) is 17.9. The van der Waals surface area contributed by atoms with Crippen LogP contribution in [0.3, 0.4) is 0 Å². The van der Waals surface area contributed by atoms with Crippen LogP contribution in [0.4, 0.5) is 0 Å². The van der Waals surface area contributed by atoms with E-state index in [0.29, 0.717) is 19.5 Å². The number of fused-ring (bicyclic) bond motifs is 1. The van der Waals surface area contributed by atoms with E-state index in [2.05, 4.69) is 20.5 Å². The number of nitrogens with one attached hydrogen (secondary N) is 1. The molecule has 4 rings (SSSR count). The Hall–Kier alpha value is -2.45. The predicted octanol–water partition coefficient (Wildman–Crippen LogP) is 2.50. The smallest absolute Gasteiger partial charge is 0.222 e. The highest BCUT2D eigenvalue weighted by Gasteiger charge is 2.27. The molecule has 0 saturated heterocycles. The fourth-order valence-electron chi connectivity index (χ4n) is 3.34. The van der Waals surface area contributed by atoms with Crippen LogP contribution in [0.15, 0.2) is 40.4 Å². The lowest BCUT2D eigenvalue weighted by Gasteiger charge is -2.33. The average molecular weight is 371 g/mol. The third-order valence-corrected chi connectivity index (χ3v) is 5.35. The molecule has 0 unspecified atom stereocenters. The lowest BCUT2D eigenvalue weighted by Crippen LogP contribution is -2.39. The molecule has 3 aromatic heterocycles. The summed E-state index contributed by atoms with van der Waals surface area (Å²) in [4.78, 5) is 15.9. The van der Waals surface area contributed by atoms with Gasteiger partial charge in [-0.25, -0.2) is 0 Å². The molecule has 26 heavy (non-hydrogen) atoms. The highest BCUT2D eigenvalue weighted by Crippen LogP contribution is 2.24. The van der Waals surface area contributed by atoms with E-state index in [-0.39, 0.29) is 11.9 Å². The van der Waals surface area contributed by atoms with E-state index < -0.39 is 0 Å². The molecule has 0 aromatic carbocycles. The number of hydrogen-bond acceptors (Lipinski definition) is 6. The average Bonchev–Trinajstić information content (AvgIpc) is 3.35. The van der Waals surface area contributed by atoms with Gasteiger partial charge in [-0.2, -0.15) is 5.10 Å². The van der Waals surface area contributed by atoms with Gasteiger partial charge in [-0.15, -0.1) is 11.3 Å². The molecule has 7 nitrogen and oxygen atoms in total. The Labute approximate surface area is 155 Å². The molecule has 1 amide bonds. The minimum atomic E-state index is 0.0186. The molecule has 0 aliphatic carbocycles. The standard InChI is InChI=1S/C18H21N5O2S/c1-13-7-14(21-25-13)10-22-11-15-4-5-20-23(15)16(12-22)8-18(24)19-9-17-3-2-6-26-17/h2-7,16H,8-12H2,1H3,(H,19,24)/t16-/m1/s1. The normalized spacial score (nSPS) is 17.2. The predicted molar refractivity (Wildman–Crippen MR) is 97.4 cm³/mol. The second kappa shape index (κ2) is 7.43. The third kappa shape index (κ3) is 3.86. The molecule has 4 heterocycles. The van der Waals surface area contributed by atoms with Crippen molar-refractivity contribution in [3.63, 3.8) is 0 Å². The van der Waals surface area contributed by atoms with Gasteiger partial charge in [-0.05, 0) is 24.4 Å². The highest BCUT2D eigenvalue weighted by atomic mass is 32.1. The maximum atomic E-state index is 12.4. The van der Waals surface area contributed by atoms with Gasteiger partial charge in [-0.1, -0.05) is 11.2 Å². The van der Waals surface area contributed by atoms with E-state index in [4.69, 9.17) is 4.52 Å². The summed E-state index contributed by atoms with van der Waals surface area (Å²) in [5.41, 5.74) is 2.03. The van der Waals surface area contributed by atoms with Crippen LogP contribution in [0.25, 0.3) is 0 Å². The molecule has 136 valence electrons. The fourth-order valence-corrected chi connectivity index (χ4v) is 3.99. The molecule has 0 saturated carbocycles. The van der Waals surface area contributed by atoms with Crippen LogP contribution >= 0.6 is 11.3 Å². The van der Waals surface area contributed by atoms with E-state index in [9.17, 15) is 4.79 Å². The molecule has 1 aliphatic rings. The summed E-state index contributed by atoms with van der Waals surface area (Å²) < 4.78 is 7.14. The van der Waals surface area contributed by atoms with Crippen LogP contribution < -0.4 is 5.32 Å². The van der Waals surface area contributed by atoms with Gasteiger partial charge in [0.05, 0.1) is 30.4 Å². The summed E-state index contributed by atoms with van der Waals surface area (Å²) in [5.74, 6) is 0.857. The van der Waals surface area contributed by atoms with Gasteiger partial charge < -0.3 is 9.84 Å². The minimum Gasteiger partial charge on any atom is -0.361 e. The Morgan fingerprint density at radius 3 is 3.15 bits per heavy atom. The maximum absolute atomic E-state index is 12.4. The first kappa shape index (κ1) is 17.0. The first-order valence-corrected chi connectivity index (χ1v) is 9.51. The maximum Gasteiger partial charge on any atom is 0.222 e. The molecule has 3 aromatic rings. The number of rotatable bonds is 6. The second-order valence-electron chi connectivity index (χ2n) is 6.58. The number of hydrogen-bond donors (Lipinski definition) is 1. The molecule has 0 fully saturated rings. The van der Waals surface area contributed by atoms with Crippen molar-refractivity contribution in [2.75, 3.05) is 6.54 Å². The van der Waals surface area contributed by atoms with Crippen LogP contribution in [0.1, 0.15) is 34.5 Å².